The number of rotatable bonds is 8. The van der Waals surface area contributed by atoms with Crippen LogP contribution in [0.3, 0.4) is 0 Å². The van der Waals surface area contributed by atoms with Gasteiger partial charge in [-0.3, -0.25) is 4.79 Å². The van der Waals surface area contributed by atoms with Crippen molar-refractivity contribution < 1.29 is 13.2 Å². The minimum atomic E-state index is -3.63. The van der Waals surface area contributed by atoms with Crippen molar-refractivity contribution in [1.82, 2.24) is 14.5 Å². The Bertz CT molecular complexity index is 759. The van der Waals surface area contributed by atoms with Crippen LogP contribution in [0.5, 0.6) is 0 Å². The number of nitrogens with zero attached hydrogens (tertiary/aromatic N) is 2. The number of amides is 1. The van der Waals surface area contributed by atoms with Crippen molar-refractivity contribution in [2.45, 2.75) is 56.9 Å². The van der Waals surface area contributed by atoms with E-state index in [1.807, 2.05) is 0 Å². The number of nitrogens with one attached hydrogen (secondary N) is 1. The lowest BCUT2D eigenvalue weighted by atomic mass is 9.92. The van der Waals surface area contributed by atoms with Gasteiger partial charge in [0.2, 0.25) is 15.9 Å². The summed E-state index contributed by atoms with van der Waals surface area (Å²) in [6, 6.07) is 7.79. The Morgan fingerprint density at radius 1 is 1.10 bits per heavy atom. The third-order valence-corrected chi connectivity index (χ3v) is 7.92. The van der Waals surface area contributed by atoms with Crippen molar-refractivity contribution in [3.8, 4) is 0 Å². The molecule has 0 bridgehead atoms. The molecule has 3 atom stereocenters. The topological polar surface area (TPSA) is 69.7 Å². The van der Waals surface area contributed by atoms with Gasteiger partial charge in [0.25, 0.3) is 0 Å². The van der Waals surface area contributed by atoms with Gasteiger partial charge in [-0.2, -0.15) is 4.31 Å². The molecule has 1 aromatic carbocycles. The van der Waals surface area contributed by atoms with Crippen molar-refractivity contribution in [3.05, 3.63) is 30.3 Å². The molecule has 29 heavy (non-hydrogen) atoms. The number of hydrogen-bond acceptors (Lipinski definition) is 4. The Kier molecular flexibility index (Phi) is 7.71. The second kappa shape index (κ2) is 10.0. The van der Waals surface area contributed by atoms with E-state index >= 15 is 0 Å². The third-order valence-electron chi connectivity index (χ3n) is 6.00. The number of piperidine rings is 1. The zero-order chi connectivity index (χ0) is 20.9. The first-order valence-corrected chi connectivity index (χ1v) is 12.4. The van der Waals surface area contributed by atoms with E-state index in [0.29, 0.717) is 19.5 Å². The summed E-state index contributed by atoms with van der Waals surface area (Å²) < 4.78 is 27.2. The molecule has 2 heterocycles. The molecular formula is C22H35N3O3S. The molecule has 2 fully saturated rings. The number of unbranched alkanes of at least 4 members (excludes halogenated alkanes) is 1. The maximum Gasteiger partial charge on any atom is 0.243 e. The van der Waals surface area contributed by atoms with Gasteiger partial charge < -0.3 is 10.2 Å². The second-order valence-corrected chi connectivity index (χ2v) is 10.7. The Morgan fingerprint density at radius 3 is 2.48 bits per heavy atom. The number of sulfonamides is 1. The van der Waals surface area contributed by atoms with Crippen molar-refractivity contribution in [1.29, 1.82) is 0 Å². The van der Waals surface area contributed by atoms with Crippen LogP contribution in [0.1, 0.15) is 46.0 Å². The molecule has 1 amide bonds. The largest absolute Gasteiger partial charge is 0.355 e. The fourth-order valence-corrected chi connectivity index (χ4v) is 6.46. The zero-order valence-electron chi connectivity index (χ0n) is 17.7. The summed E-state index contributed by atoms with van der Waals surface area (Å²) in [5, 5.41) is 2.97. The molecule has 2 aliphatic rings. The molecule has 162 valence electrons. The Morgan fingerprint density at radius 2 is 1.79 bits per heavy atom. The van der Waals surface area contributed by atoms with Crippen LogP contribution in [0.25, 0.3) is 0 Å². The highest BCUT2D eigenvalue weighted by atomic mass is 32.2. The summed E-state index contributed by atoms with van der Waals surface area (Å²) in [5.74, 6) is 1.36. The summed E-state index contributed by atoms with van der Waals surface area (Å²) in [6.07, 6.45) is 4.59. The molecule has 0 saturated carbocycles. The van der Waals surface area contributed by atoms with Gasteiger partial charge in [0.15, 0.2) is 0 Å². The molecule has 6 nitrogen and oxygen atoms in total. The van der Waals surface area contributed by atoms with Gasteiger partial charge in [0.1, 0.15) is 6.04 Å². The fraction of sp³-hybridized carbons (Fsp3) is 0.682. The molecule has 0 unspecified atom stereocenters. The zero-order valence-corrected chi connectivity index (χ0v) is 18.5. The lowest BCUT2D eigenvalue weighted by Crippen LogP contribution is -2.46. The summed E-state index contributed by atoms with van der Waals surface area (Å²) in [4.78, 5) is 15.4. The second-order valence-electron chi connectivity index (χ2n) is 8.79. The van der Waals surface area contributed by atoms with Crippen LogP contribution in [0.15, 0.2) is 35.2 Å². The van der Waals surface area contributed by atoms with Crippen molar-refractivity contribution in [2.24, 2.45) is 11.8 Å². The molecule has 7 heteroatoms. The van der Waals surface area contributed by atoms with Crippen LogP contribution in [0.2, 0.25) is 0 Å². The summed E-state index contributed by atoms with van der Waals surface area (Å²) in [7, 11) is -3.63. The van der Waals surface area contributed by atoms with Gasteiger partial charge in [-0.05, 0) is 62.6 Å². The van der Waals surface area contributed by atoms with Gasteiger partial charge in [-0.25, -0.2) is 8.42 Å². The average molecular weight is 422 g/mol. The lowest BCUT2D eigenvalue weighted by molar-refractivity contribution is -0.124. The van der Waals surface area contributed by atoms with Crippen LogP contribution in [-0.4, -0.2) is 62.3 Å². The van der Waals surface area contributed by atoms with Crippen LogP contribution in [-0.2, 0) is 14.8 Å². The van der Waals surface area contributed by atoms with Gasteiger partial charge in [-0.1, -0.05) is 32.0 Å². The molecule has 1 aromatic rings. The van der Waals surface area contributed by atoms with E-state index in [-0.39, 0.29) is 10.8 Å². The van der Waals surface area contributed by atoms with E-state index < -0.39 is 16.1 Å². The predicted octanol–water partition coefficient (Wildman–Crippen LogP) is 2.71. The van der Waals surface area contributed by atoms with Gasteiger partial charge in [0, 0.05) is 26.2 Å². The average Bonchev–Trinajstić information content (AvgIpc) is 3.18. The number of benzene rings is 1. The fourth-order valence-electron chi connectivity index (χ4n) is 4.78. The first-order valence-electron chi connectivity index (χ1n) is 10.9. The van der Waals surface area contributed by atoms with E-state index in [2.05, 4.69) is 24.1 Å². The summed E-state index contributed by atoms with van der Waals surface area (Å²) >= 11 is 0. The number of hydrogen-bond donors (Lipinski definition) is 1. The van der Waals surface area contributed by atoms with Crippen molar-refractivity contribution in [2.75, 3.05) is 32.7 Å². The van der Waals surface area contributed by atoms with Crippen LogP contribution < -0.4 is 5.32 Å². The normalized spacial score (nSPS) is 26.5. The van der Waals surface area contributed by atoms with Gasteiger partial charge >= 0.3 is 0 Å². The standard InChI is InChI=1S/C22H35N3O3S/c1-18-15-19(2)17-24(16-18)13-7-6-12-23-22(26)21-11-8-14-25(21)29(27,28)20-9-4-3-5-10-20/h3-5,9-10,18-19,21H,6-8,11-17H2,1-2H3,(H,23,26)/t18-,19-,21-/m1/s1. The highest BCUT2D eigenvalue weighted by Crippen LogP contribution is 2.26. The summed E-state index contributed by atoms with van der Waals surface area (Å²) in [5.41, 5.74) is 0. The van der Waals surface area contributed by atoms with E-state index in [0.717, 1.165) is 37.6 Å². The van der Waals surface area contributed by atoms with E-state index in [1.54, 1.807) is 30.3 Å². The number of carbonyl (C=O) groups is 1. The number of likely N-dealkylation sites (tertiary alicyclic amines) is 1. The van der Waals surface area contributed by atoms with Crippen molar-refractivity contribution >= 4 is 15.9 Å². The summed E-state index contributed by atoms with van der Waals surface area (Å²) in [6.45, 7) is 9.06. The Balaban J connectivity index is 1.44. The highest BCUT2D eigenvalue weighted by molar-refractivity contribution is 7.89. The first kappa shape index (κ1) is 22.2. The predicted molar refractivity (Wildman–Crippen MR) is 115 cm³/mol. The molecule has 1 N–H and O–H groups in total. The molecule has 2 aliphatic heterocycles. The number of carbonyl (C=O) groups excluding carboxylic acids is 1. The lowest BCUT2D eigenvalue weighted by Gasteiger charge is -2.34. The van der Waals surface area contributed by atoms with E-state index in [4.69, 9.17) is 0 Å². The third kappa shape index (κ3) is 5.80. The van der Waals surface area contributed by atoms with E-state index in [9.17, 15) is 13.2 Å². The first-order chi connectivity index (χ1) is 13.9. The molecular weight excluding hydrogens is 386 g/mol. The minimum absolute atomic E-state index is 0.165. The quantitative estimate of drug-likeness (QED) is 0.655. The maximum atomic E-state index is 12.9. The highest BCUT2D eigenvalue weighted by Gasteiger charge is 2.39. The molecule has 0 aromatic heterocycles. The molecule has 0 spiro atoms. The van der Waals surface area contributed by atoms with Crippen LogP contribution in [0.4, 0.5) is 0 Å². The van der Waals surface area contributed by atoms with E-state index in [1.165, 1.54) is 23.8 Å². The Labute approximate surface area is 175 Å². The van der Waals surface area contributed by atoms with Crippen LogP contribution in [0, 0.1) is 11.8 Å². The van der Waals surface area contributed by atoms with Gasteiger partial charge in [-0.15, -0.1) is 0 Å². The smallest absolute Gasteiger partial charge is 0.243 e. The molecule has 0 aliphatic carbocycles. The molecule has 2 saturated heterocycles. The molecule has 3 rings (SSSR count). The van der Waals surface area contributed by atoms with Crippen LogP contribution >= 0.6 is 0 Å². The monoisotopic (exact) mass is 421 g/mol. The maximum absolute atomic E-state index is 12.9. The SMILES string of the molecule is C[C@@H]1C[C@@H](C)CN(CCCCNC(=O)[C@H]2CCCN2S(=O)(=O)c2ccccc2)C1. The van der Waals surface area contributed by atoms with Crippen molar-refractivity contribution in [3.63, 3.8) is 0 Å². The van der Waals surface area contributed by atoms with Gasteiger partial charge in [0.05, 0.1) is 4.90 Å². The minimum Gasteiger partial charge on any atom is -0.355 e. The molecule has 0 radical (unpaired) electrons. The Hall–Kier alpha value is -1.44.